The Bertz CT molecular complexity index is 626. The maximum atomic E-state index is 13.2. The second-order valence-corrected chi connectivity index (χ2v) is 7.39. The van der Waals surface area contributed by atoms with Gasteiger partial charge in [0.25, 0.3) is 0 Å². The van der Waals surface area contributed by atoms with E-state index in [1.165, 1.54) is 0 Å². The maximum Gasteiger partial charge on any atom is 0.235 e. The average molecular weight is 405 g/mol. The number of hydrogen-bond acceptors (Lipinski definition) is 1. The van der Waals surface area contributed by atoms with Crippen LogP contribution in [-0.4, -0.2) is 44.6 Å². The van der Waals surface area contributed by atoms with E-state index in [9.17, 15) is 4.79 Å². The number of carbonyl (C=O) groups excluding carboxylic acids is 1. The fraction of sp³-hybridized carbons (Fsp3) is 0.381. The van der Waals surface area contributed by atoms with E-state index in [1.807, 2.05) is 36.4 Å². The SMILES string of the molecule is CNC(=O)C(CC(C)[N+](C)(C)C)(c1ccccc1)c1ccccc1.[Br-]. The maximum absolute atomic E-state index is 13.2. The lowest BCUT2D eigenvalue weighted by molar-refractivity contribution is -0.894. The predicted molar refractivity (Wildman–Crippen MR) is 99.8 cm³/mol. The first-order valence-corrected chi connectivity index (χ1v) is 8.46. The Morgan fingerprint density at radius 3 is 1.68 bits per heavy atom. The number of likely N-dealkylation sites (N-methyl/N-ethyl adjacent to an activating group) is 1. The summed E-state index contributed by atoms with van der Waals surface area (Å²) in [4.78, 5) is 13.2. The van der Waals surface area contributed by atoms with Gasteiger partial charge in [0.05, 0.1) is 27.2 Å². The normalized spacial score (nSPS) is 12.8. The van der Waals surface area contributed by atoms with Gasteiger partial charge in [-0.3, -0.25) is 4.79 Å². The number of nitrogens with one attached hydrogen (secondary N) is 1. The second kappa shape index (κ2) is 8.63. The topological polar surface area (TPSA) is 29.1 Å². The molecule has 2 aromatic carbocycles. The molecule has 0 aliphatic carbocycles. The summed E-state index contributed by atoms with van der Waals surface area (Å²) in [5.41, 5.74) is 1.38. The summed E-state index contributed by atoms with van der Waals surface area (Å²) in [5, 5.41) is 2.91. The van der Waals surface area contributed by atoms with Crippen LogP contribution in [0.3, 0.4) is 0 Å². The van der Waals surface area contributed by atoms with Crippen LogP contribution < -0.4 is 22.3 Å². The third-order valence-corrected chi connectivity index (χ3v) is 5.07. The molecule has 1 unspecified atom stereocenters. The van der Waals surface area contributed by atoms with E-state index in [-0.39, 0.29) is 22.9 Å². The molecule has 1 amide bonds. The highest BCUT2D eigenvalue weighted by molar-refractivity contribution is 5.92. The Labute approximate surface area is 162 Å². The Morgan fingerprint density at radius 2 is 1.36 bits per heavy atom. The predicted octanol–water partition coefficient (Wildman–Crippen LogP) is 0.208. The molecule has 25 heavy (non-hydrogen) atoms. The number of halogens is 1. The highest BCUT2D eigenvalue weighted by Gasteiger charge is 2.44. The molecule has 0 radical (unpaired) electrons. The summed E-state index contributed by atoms with van der Waals surface area (Å²) >= 11 is 0. The first-order chi connectivity index (χ1) is 11.3. The quantitative estimate of drug-likeness (QED) is 0.685. The van der Waals surface area contributed by atoms with Crippen LogP contribution in [0.15, 0.2) is 60.7 Å². The fourth-order valence-corrected chi connectivity index (χ4v) is 3.13. The number of carbonyl (C=O) groups is 1. The summed E-state index contributed by atoms with van der Waals surface area (Å²) in [6, 6.07) is 20.6. The summed E-state index contributed by atoms with van der Waals surface area (Å²) in [6.07, 6.45) is 0.740. The number of rotatable bonds is 6. The van der Waals surface area contributed by atoms with Gasteiger partial charge in [-0.15, -0.1) is 0 Å². The van der Waals surface area contributed by atoms with Gasteiger partial charge in [0.2, 0.25) is 5.91 Å². The van der Waals surface area contributed by atoms with E-state index in [2.05, 4.69) is 57.6 Å². The lowest BCUT2D eigenvalue weighted by atomic mass is 9.69. The number of hydrogen-bond donors (Lipinski definition) is 1. The van der Waals surface area contributed by atoms with E-state index >= 15 is 0 Å². The molecule has 0 bridgehead atoms. The van der Waals surface area contributed by atoms with Crippen molar-refractivity contribution in [3.63, 3.8) is 0 Å². The van der Waals surface area contributed by atoms with Crippen LogP contribution in [0.25, 0.3) is 0 Å². The largest absolute Gasteiger partial charge is 1.00 e. The minimum absolute atomic E-state index is 0. The van der Waals surface area contributed by atoms with Crippen LogP contribution in [0.5, 0.6) is 0 Å². The summed E-state index contributed by atoms with van der Waals surface area (Å²) in [7, 11) is 8.25. The Kier molecular flexibility index (Phi) is 7.39. The van der Waals surface area contributed by atoms with Crippen LogP contribution >= 0.6 is 0 Å². The number of quaternary nitrogens is 1. The minimum atomic E-state index is -0.692. The molecule has 0 aromatic heterocycles. The standard InChI is InChI=1S/C21H28N2O.BrH/c1-17(23(3,4)5)16-21(20(24)22-2,18-12-8-6-9-13-18)19-14-10-7-11-15-19;/h6-15,17H,16H2,1-5H3;1H. The van der Waals surface area contributed by atoms with E-state index in [0.29, 0.717) is 6.04 Å². The van der Waals surface area contributed by atoms with Crippen molar-refractivity contribution in [2.75, 3.05) is 28.2 Å². The van der Waals surface area contributed by atoms with Gasteiger partial charge in [-0.1, -0.05) is 60.7 Å². The molecule has 1 atom stereocenters. The van der Waals surface area contributed by atoms with Crippen LogP contribution in [-0.2, 0) is 10.2 Å². The lowest BCUT2D eigenvalue weighted by Crippen LogP contribution is -3.00. The molecular weight excluding hydrogens is 376 g/mol. The van der Waals surface area contributed by atoms with E-state index in [4.69, 9.17) is 0 Å². The van der Waals surface area contributed by atoms with Crippen molar-refractivity contribution in [2.24, 2.45) is 0 Å². The van der Waals surface area contributed by atoms with Gasteiger partial charge >= 0.3 is 0 Å². The highest BCUT2D eigenvalue weighted by atomic mass is 79.9. The Balaban J connectivity index is 0.00000312. The molecule has 0 saturated carbocycles. The van der Waals surface area contributed by atoms with Crippen LogP contribution in [0.1, 0.15) is 24.5 Å². The molecular formula is C21H29BrN2O. The smallest absolute Gasteiger partial charge is 0.235 e. The third kappa shape index (κ3) is 4.50. The zero-order valence-corrected chi connectivity index (χ0v) is 17.4. The van der Waals surface area contributed by atoms with Gasteiger partial charge < -0.3 is 26.8 Å². The van der Waals surface area contributed by atoms with Gasteiger partial charge in [-0.2, -0.15) is 0 Å². The van der Waals surface area contributed by atoms with Crippen molar-refractivity contribution in [1.29, 1.82) is 0 Å². The van der Waals surface area contributed by atoms with Gasteiger partial charge in [-0.05, 0) is 18.1 Å². The zero-order chi connectivity index (χ0) is 17.8. The Morgan fingerprint density at radius 1 is 0.960 bits per heavy atom. The molecule has 0 heterocycles. The Hall–Kier alpha value is -1.65. The molecule has 2 rings (SSSR count). The molecule has 4 heteroatoms. The summed E-state index contributed by atoms with van der Waals surface area (Å²) in [6.45, 7) is 2.21. The lowest BCUT2D eigenvalue weighted by Gasteiger charge is -2.40. The molecule has 3 nitrogen and oxygen atoms in total. The van der Waals surface area contributed by atoms with Crippen molar-refractivity contribution in [3.05, 3.63) is 71.8 Å². The van der Waals surface area contributed by atoms with E-state index < -0.39 is 5.41 Å². The third-order valence-electron chi connectivity index (χ3n) is 5.07. The van der Waals surface area contributed by atoms with Crippen molar-refractivity contribution in [2.45, 2.75) is 24.8 Å². The van der Waals surface area contributed by atoms with Crippen molar-refractivity contribution in [1.82, 2.24) is 5.32 Å². The van der Waals surface area contributed by atoms with Crippen molar-refractivity contribution >= 4 is 5.91 Å². The number of amides is 1. The van der Waals surface area contributed by atoms with Crippen LogP contribution in [0, 0.1) is 0 Å². The van der Waals surface area contributed by atoms with Gasteiger partial charge in [-0.25, -0.2) is 0 Å². The van der Waals surface area contributed by atoms with Crippen molar-refractivity contribution < 1.29 is 26.3 Å². The summed E-state index contributed by atoms with van der Waals surface area (Å²) < 4.78 is 0.804. The van der Waals surface area contributed by atoms with Crippen molar-refractivity contribution in [3.8, 4) is 0 Å². The van der Waals surface area contributed by atoms with Crippen LogP contribution in [0.4, 0.5) is 0 Å². The molecule has 0 spiro atoms. The number of nitrogens with zero attached hydrogens (tertiary/aromatic N) is 1. The minimum Gasteiger partial charge on any atom is -1.00 e. The van der Waals surface area contributed by atoms with Gasteiger partial charge in [0.1, 0.15) is 5.41 Å². The van der Waals surface area contributed by atoms with Crippen LogP contribution in [0.2, 0.25) is 0 Å². The molecule has 0 fully saturated rings. The second-order valence-electron chi connectivity index (χ2n) is 7.39. The first kappa shape index (κ1) is 21.4. The summed E-state index contributed by atoms with van der Waals surface area (Å²) in [5.74, 6) is 0.0419. The van der Waals surface area contributed by atoms with Gasteiger partial charge in [0, 0.05) is 13.5 Å². The monoisotopic (exact) mass is 404 g/mol. The highest BCUT2D eigenvalue weighted by Crippen LogP contribution is 2.38. The molecule has 136 valence electrons. The zero-order valence-electron chi connectivity index (χ0n) is 15.8. The number of benzene rings is 2. The first-order valence-electron chi connectivity index (χ1n) is 8.46. The molecule has 0 aliphatic rings. The molecule has 1 N–H and O–H groups in total. The van der Waals surface area contributed by atoms with E-state index in [0.717, 1.165) is 22.0 Å². The fourth-order valence-electron chi connectivity index (χ4n) is 3.13. The molecule has 0 saturated heterocycles. The van der Waals surface area contributed by atoms with E-state index in [1.54, 1.807) is 7.05 Å². The average Bonchev–Trinajstić information content (AvgIpc) is 2.59. The molecule has 0 aliphatic heterocycles. The van der Waals surface area contributed by atoms with Gasteiger partial charge in [0.15, 0.2) is 0 Å². The molecule has 2 aromatic rings.